The van der Waals surface area contributed by atoms with Gasteiger partial charge >= 0.3 is 6.03 Å². The van der Waals surface area contributed by atoms with Gasteiger partial charge in [0.25, 0.3) is 0 Å². The molecule has 0 spiro atoms. The van der Waals surface area contributed by atoms with Crippen molar-refractivity contribution in [3.8, 4) is 0 Å². The highest BCUT2D eigenvalue weighted by atomic mass is 32.1. The summed E-state index contributed by atoms with van der Waals surface area (Å²) in [5.41, 5.74) is 2.87. The van der Waals surface area contributed by atoms with Gasteiger partial charge in [0.1, 0.15) is 6.10 Å². The Morgan fingerprint density at radius 1 is 1.35 bits per heavy atom. The highest BCUT2D eigenvalue weighted by molar-refractivity contribution is 7.10. The first-order valence-electron chi connectivity index (χ1n) is 6.40. The van der Waals surface area contributed by atoms with Crippen LogP contribution in [0, 0.1) is 13.8 Å². The van der Waals surface area contributed by atoms with Crippen LogP contribution in [0.2, 0.25) is 0 Å². The van der Waals surface area contributed by atoms with Gasteiger partial charge in [-0.2, -0.15) is 0 Å². The van der Waals surface area contributed by atoms with Crippen molar-refractivity contribution in [3.63, 3.8) is 0 Å². The third-order valence-corrected chi connectivity index (χ3v) is 4.06. The fourth-order valence-electron chi connectivity index (χ4n) is 1.91. The summed E-state index contributed by atoms with van der Waals surface area (Å²) >= 11 is 1.49. The maximum Gasteiger partial charge on any atom is 0.319 e. The second kappa shape index (κ2) is 6.54. The molecule has 0 aliphatic rings. The van der Waals surface area contributed by atoms with Gasteiger partial charge in [0.2, 0.25) is 0 Å². The van der Waals surface area contributed by atoms with E-state index in [1.165, 1.54) is 11.3 Å². The van der Waals surface area contributed by atoms with E-state index < -0.39 is 6.10 Å². The van der Waals surface area contributed by atoms with Crippen molar-refractivity contribution in [2.24, 2.45) is 0 Å². The Bertz CT molecular complexity index is 595. The molecule has 0 fully saturated rings. The van der Waals surface area contributed by atoms with Gasteiger partial charge in [-0.1, -0.05) is 12.1 Å². The number of thiophene rings is 1. The van der Waals surface area contributed by atoms with Gasteiger partial charge in [0.15, 0.2) is 0 Å². The summed E-state index contributed by atoms with van der Waals surface area (Å²) in [5.74, 6) is 0. The highest BCUT2D eigenvalue weighted by Gasteiger charge is 2.13. The second-order valence-corrected chi connectivity index (χ2v) is 5.64. The van der Waals surface area contributed by atoms with Crippen LogP contribution in [0.5, 0.6) is 0 Å². The average molecular weight is 290 g/mol. The van der Waals surface area contributed by atoms with E-state index in [0.29, 0.717) is 0 Å². The van der Waals surface area contributed by atoms with Crippen molar-refractivity contribution in [2.45, 2.75) is 20.0 Å². The van der Waals surface area contributed by atoms with E-state index in [1.807, 2.05) is 49.6 Å². The average Bonchev–Trinajstić information content (AvgIpc) is 2.82. The Morgan fingerprint density at radius 3 is 2.80 bits per heavy atom. The van der Waals surface area contributed by atoms with Crippen molar-refractivity contribution in [1.29, 1.82) is 0 Å². The maximum absolute atomic E-state index is 11.8. The van der Waals surface area contributed by atoms with E-state index >= 15 is 0 Å². The third-order valence-electron chi connectivity index (χ3n) is 2.94. The molecule has 1 aromatic carbocycles. The number of hydrogen-bond acceptors (Lipinski definition) is 3. The topological polar surface area (TPSA) is 61.4 Å². The molecule has 0 radical (unpaired) electrons. The number of carbonyl (C=O) groups is 1. The molecule has 0 aliphatic heterocycles. The minimum atomic E-state index is -0.668. The monoisotopic (exact) mass is 290 g/mol. The zero-order chi connectivity index (χ0) is 14.5. The molecule has 0 bridgehead atoms. The van der Waals surface area contributed by atoms with E-state index in [-0.39, 0.29) is 12.6 Å². The standard InChI is InChI=1S/C15H18N2O2S/c1-10-4-3-5-12(8-10)17-15(19)16-9-13(18)14-11(2)6-7-20-14/h3-8,13,18H,9H2,1-2H3,(H2,16,17,19). The molecular formula is C15H18N2O2S. The normalized spacial score (nSPS) is 11.9. The van der Waals surface area contributed by atoms with Gasteiger partial charge in [0.05, 0.1) is 6.54 Å². The minimum absolute atomic E-state index is 0.193. The molecule has 20 heavy (non-hydrogen) atoms. The van der Waals surface area contributed by atoms with E-state index in [1.54, 1.807) is 0 Å². The largest absolute Gasteiger partial charge is 0.386 e. The lowest BCUT2D eigenvalue weighted by molar-refractivity contribution is 0.178. The number of aryl methyl sites for hydroxylation is 2. The van der Waals surface area contributed by atoms with E-state index in [0.717, 1.165) is 21.7 Å². The lowest BCUT2D eigenvalue weighted by Crippen LogP contribution is -2.32. The molecule has 2 aromatic rings. The van der Waals surface area contributed by atoms with Crippen LogP contribution in [-0.4, -0.2) is 17.7 Å². The van der Waals surface area contributed by atoms with E-state index in [9.17, 15) is 9.90 Å². The molecule has 2 amide bonds. The van der Waals surface area contributed by atoms with Crippen LogP contribution in [0.25, 0.3) is 0 Å². The number of nitrogens with one attached hydrogen (secondary N) is 2. The minimum Gasteiger partial charge on any atom is -0.386 e. The van der Waals surface area contributed by atoms with Gasteiger partial charge < -0.3 is 15.7 Å². The van der Waals surface area contributed by atoms with Crippen LogP contribution in [0.1, 0.15) is 22.1 Å². The number of amides is 2. The predicted octanol–water partition coefficient (Wildman–Crippen LogP) is 3.22. The second-order valence-electron chi connectivity index (χ2n) is 4.69. The molecule has 2 rings (SSSR count). The van der Waals surface area contributed by atoms with Crippen molar-refractivity contribution in [3.05, 3.63) is 51.7 Å². The first-order chi connectivity index (χ1) is 9.56. The molecule has 3 N–H and O–H groups in total. The summed E-state index contributed by atoms with van der Waals surface area (Å²) in [7, 11) is 0. The lowest BCUT2D eigenvalue weighted by atomic mass is 10.2. The maximum atomic E-state index is 11.8. The Hall–Kier alpha value is -1.85. The van der Waals surface area contributed by atoms with Crippen LogP contribution < -0.4 is 10.6 Å². The fourth-order valence-corrected chi connectivity index (χ4v) is 2.82. The molecule has 1 aromatic heterocycles. The Kier molecular flexibility index (Phi) is 4.76. The van der Waals surface area contributed by atoms with Crippen molar-refractivity contribution >= 4 is 23.1 Å². The predicted molar refractivity (Wildman–Crippen MR) is 82.2 cm³/mol. The van der Waals surface area contributed by atoms with Crippen molar-refractivity contribution < 1.29 is 9.90 Å². The quantitative estimate of drug-likeness (QED) is 0.809. The number of carbonyl (C=O) groups excluding carboxylic acids is 1. The summed E-state index contributed by atoms with van der Waals surface area (Å²) < 4.78 is 0. The molecule has 1 unspecified atom stereocenters. The number of benzene rings is 1. The molecule has 0 aliphatic carbocycles. The summed E-state index contributed by atoms with van der Waals surface area (Å²) in [4.78, 5) is 12.6. The van der Waals surface area contributed by atoms with E-state index in [4.69, 9.17) is 0 Å². The summed E-state index contributed by atoms with van der Waals surface area (Å²) in [6.45, 7) is 4.10. The fraction of sp³-hybridized carbons (Fsp3) is 0.267. The van der Waals surface area contributed by atoms with E-state index in [2.05, 4.69) is 10.6 Å². The highest BCUT2D eigenvalue weighted by Crippen LogP contribution is 2.23. The molecule has 0 saturated heterocycles. The van der Waals surface area contributed by atoms with Gasteiger partial charge in [-0.3, -0.25) is 0 Å². The first kappa shape index (κ1) is 14.6. The summed E-state index contributed by atoms with van der Waals surface area (Å²) in [6, 6.07) is 9.20. The Balaban J connectivity index is 1.85. The van der Waals surface area contributed by atoms with Crippen molar-refractivity contribution in [2.75, 3.05) is 11.9 Å². The first-order valence-corrected chi connectivity index (χ1v) is 7.28. The Labute approximate surface area is 122 Å². The molecule has 4 nitrogen and oxygen atoms in total. The molecule has 1 heterocycles. The molecule has 5 heteroatoms. The number of urea groups is 1. The van der Waals surface area contributed by atoms with Crippen LogP contribution >= 0.6 is 11.3 Å². The van der Waals surface area contributed by atoms with Gasteiger partial charge in [-0.05, 0) is 48.6 Å². The molecular weight excluding hydrogens is 272 g/mol. The molecule has 106 valence electrons. The SMILES string of the molecule is Cc1cccc(NC(=O)NCC(O)c2sccc2C)c1. The number of aliphatic hydroxyl groups excluding tert-OH is 1. The van der Waals surface area contributed by atoms with Crippen LogP contribution in [-0.2, 0) is 0 Å². The van der Waals surface area contributed by atoms with Gasteiger partial charge in [0, 0.05) is 10.6 Å². The third kappa shape index (κ3) is 3.82. The molecule has 1 atom stereocenters. The van der Waals surface area contributed by atoms with Crippen LogP contribution in [0.4, 0.5) is 10.5 Å². The van der Waals surface area contributed by atoms with Crippen molar-refractivity contribution in [1.82, 2.24) is 5.32 Å². The summed E-state index contributed by atoms with van der Waals surface area (Å²) in [6.07, 6.45) is -0.668. The number of aliphatic hydroxyl groups is 1. The van der Waals surface area contributed by atoms with Crippen LogP contribution in [0.3, 0.4) is 0 Å². The van der Waals surface area contributed by atoms with Gasteiger partial charge in [-0.25, -0.2) is 4.79 Å². The smallest absolute Gasteiger partial charge is 0.319 e. The van der Waals surface area contributed by atoms with Crippen LogP contribution in [0.15, 0.2) is 35.7 Å². The zero-order valence-corrected chi connectivity index (χ0v) is 12.3. The van der Waals surface area contributed by atoms with Gasteiger partial charge in [-0.15, -0.1) is 11.3 Å². The number of anilines is 1. The Morgan fingerprint density at radius 2 is 2.15 bits per heavy atom. The summed E-state index contributed by atoms with van der Waals surface area (Å²) in [5, 5.41) is 17.4. The lowest BCUT2D eigenvalue weighted by Gasteiger charge is -2.12. The number of rotatable bonds is 4. The zero-order valence-electron chi connectivity index (χ0n) is 11.5. The molecule has 0 saturated carbocycles. The number of hydrogen-bond donors (Lipinski definition) is 3.